The van der Waals surface area contributed by atoms with E-state index in [1.165, 1.54) is 0 Å². The lowest BCUT2D eigenvalue weighted by molar-refractivity contribution is -0.141. The van der Waals surface area contributed by atoms with Gasteiger partial charge in [-0.25, -0.2) is 0 Å². The fraction of sp³-hybridized carbons (Fsp3) is 0.600. The number of nitrogens with one attached hydrogen (secondary N) is 1. The molecule has 1 aromatic rings. The molecule has 1 saturated heterocycles. The maximum Gasteiger partial charge on any atom is 0.148 e. The number of ketones is 2. The molecule has 1 aliphatic carbocycles. The van der Waals surface area contributed by atoms with Gasteiger partial charge in [-0.05, 0) is 85.9 Å². The Balaban J connectivity index is 1.98. The highest BCUT2D eigenvalue weighted by Crippen LogP contribution is 2.53. The van der Waals surface area contributed by atoms with Gasteiger partial charge in [-0.3, -0.25) is 9.59 Å². The number of piperidine rings is 1. The van der Waals surface area contributed by atoms with E-state index in [-0.39, 0.29) is 22.4 Å². The minimum absolute atomic E-state index is 0.0626. The minimum Gasteiger partial charge on any atom is -0.316 e. The SMILES string of the molecule is CC#Cc1cc(C)c(C2C(=O)CC3(CCNCC3C(C)(C)C)CC2=O)c(C)c1. The van der Waals surface area contributed by atoms with E-state index in [0.29, 0.717) is 18.8 Å². The van der Waals surface area contributed by atoms with E-state index in [2.05, 4.69) is 37.9 Å². The van der Waals surface area contributed by atoms with Crippen LogP contribution in [-0.2, 0) is 9.59 Å². The number of Topliss-reactive ketones (excluding diaryl/α,β-unsaturated/α-hetero) is 2. The lowest BCUT2D eigenvalue weighted by Gasteiger charge is -2.52. The largest absolute Gasteiger partial charge is 0.316 e. The van der Waals surface area contributed by atoms with Gasteiger partial charge in [0.25, 0.3) is 0 Å². The summed E-state index contributed by atoms with van der Waals surface area (Å²) < 4.78 is 0. The third kappa shape index (κ3) is 3.67. The monoisotopic (exact) mass is 379 g/mol. The van der Waals surface area contributed by atoms with E-state index >= 15 is 0 Å². The number of benzene rings is 1. The number of carbonyl (C=O) groups excluding carboxylic acids is 2. The van der Waals surface area contributed by atoms with Crippen molar-refractivity contribution in [2.75, 3.05) is 13.1 Å². The first-order chi connectivity index (χ1) is 13.1. The highest BCUT2D eigenvalue weighted by molar-refractivity contribution is 6.10. The molecule has 1 saturated carbocycles. The number of carbonyl (C=O) groups is 2. The lowest BCUT2D eigenvalue weighted by atomic mass is 9.53. The summed E-state index contributed by atoms with van der Waals surface area (Å²) in [5.74, 6) is 5.94. The fourth-order valence-electron chi connectivity index (χ4n) is 5.73. The van der Waals surface area contributed by atoms with Crippen LogP contribution >= 0.6 is 0 Å². The third-order valence-corrected chi connectivity index (χ3v) is 6.78. The van der Waals surface area contributed by atoms with Crippen molar-refractivity contribution in [1.29, 1.82) is 0 Å². The number of hydrogen-bond donors (Lipinski definition) is 1. The van der Waals surface area contributed by atoms with Crippen LogP contribution in [0.1, 0.15) is 75.1 Å². The van der Waals surface area contributed by atoms with E-state index in [0.717, 1.165) is 41.8 Å². The second-order valence-corrected chi connectivity index (χ2v) is 9.85. The van der Waals surface area contributed by atoms with Gasteiger partial charge in [0, 0.05) is 18.4 Å². The van der Waals surface area contributed by atoms with Crippen LogP contribution in [0, 0.1) is 42.4 Å². The Hall–Kier alpha value is -1.92. The van der Waals surface area contributed by atoms with Crippen molar-refractivity contribution in [3.05, 3.63) is 34.4 Å². The molecule has 1 spiro atoms. The summed E-state index contributed by atoms with van der Waals surface area (Å²) in [5, 5.41) is 3.49. The summed E-state index contributed by atoms with van der Waals surface area (Å²) in [6, 6.07) is 4.01. The molecule has 0 bridgehead atoms. The fourth-order valence-corrected chi connectivity index (χ4v) is 5.73. The van der Waals surface area contributed by atoms with Crippen LogP contribution in [0.25, 0.3) is 0 Å². The molecule has 1 unspecified atom stereocenters. The van der Waals surface area contributed by atoms with Crippen LogP contribution in [-0.4, -0.2) is 24.7 Å². The molecule has 1 N–H and O–H groups in total. The first-order valence-electron chi connectivity index (χ1n) is 10.4. The average molecular weight is 380 g/mol. The van der Waals surface area contributed by atoms with Crippen LogP contribution in [0.3, 0.4) is 0 Å². The Labute approximate surface area is 169 Å². The van der Waals surface area contributed by atoms with Gasteiger partial charge in [-0.1, -0.05) is 26.7 Å². The van der Waals surface area contributed by atoms with Gasteiger partial charge in [0.05, 0.1) is 0 Å². The maximum atomic E-state index is 13.4. The van der Waals surface area contributed by atoms with E-state index in [4.69, 9.17) is 0 Å². The highest BCUT2D eigenvalue weighted by atomic mass is 16.2. The van der Waals surface area contributed by atoms with Crippen molar-refractivity contribution in [3.63, 3.8) is 0 Å². The van der Waals surface area contributed by atoms with Gasteiger partial charge >= 0.3 is 0 Å². The Morgan fingerprint density at radius 2 is 1.64 bits per heavy atom. The van der Waals surface area contributed by atoms with Crippen molar-refractivity contribution in [2.24, 2.45) is 16.7 Å². The predicted molar refractivity (Wildman–Crippen MR) is 113 cm³/mol. The van der Waals surface area contributed by atoms with E-state index < -0.39 is 5.92 Å². The van der Waals surface area contributed by atoms with Crippen molar-refractivity contribution in [2.45, 2.75) is 66.7 Å². The van der Waals surface area contributed by atoms with Crippen LogP contribution in [0.2, 0.25) is 0 Å². The number of aryl methyl sites for hydroxylation is 2. The van der Waals surface area contributed by atoms with Gasteiger partial charge in [0.1, 0.15) is 17.5 Å². The summed E-state index contributed by atoms with van der Waals surface area (Å²) in [7, 11) is 0. The molecule has 28 heavy (non-hydrogen) atoms. The van der Waals surface area contributed by atoms with Gasteiger partial charge in [-0.2, -0.15) is 0 Å². The summed E-state index contributed by atoms with van der Waals surface area (Å²) in [6.45, 7) is 14.3. The minimum atomic E-state index is -0.607. The normalized spacial score (nSPS) is 28.2. The topological polar surface area (TPSA) is 46.2 Å². The van der Waals surface area contributed by atoms with Crippen LogP contribution in [0.4, 0.5) is 0 Å². The molecule has 3 heteroatoms. The van der Waals surface area contributed by atoms with E-state index in [9.17, 15) is 9.59 Å². The van der Waals surface area contributed by atoms with E-state index in [1.54, 1.807) is 0 Å². The summed E-state index contributed by atoms with van der Waals surface area (Å²) in [5.41, 5.74) is 3.72. The maximum absolute atomic E-state index is 13.4. The van der Waals surface area contributed by atoms with Crippen molar-refractivity contribution in [3.8, 4) is 11.8 Å². The first kappa shape index (κ1) is 20.8. The first-order valence-corrected chi connectivity index (χ1v) is 10.4. The Morgan fingerprint density at radius 1 is 1.07 bits per heavy atom. The number of hydrogen-bond acceptors (Lipinski definition) is 3. The molecule has 150 valence electrons. The summed E-state index contributed by atoms with van der Waals surface area (Å²) in [6.07, 6.45) is 1.94. The quantitative estimate of drug-likeness (QED) is 0.583. The highest BCUT2D eigenvalue weighted by Gasteiger charge is 2.53. The van der Waals surface area contributed by atoms with Crippen LogP contribution in [0.15, 0.2) is 12.1 Å². The Morgan fingerprint density at radius 3 is 2.14 bits per heavy atom. The van der Waals surface area contributed by atoms with Crippen molar-refractivity contribution >= 4 is 11.6 Å². The standard InChI is InChI=1S/C25H33NO2/c1-7-8-18-11-16(2)22(17(3)12-18)23-19(27)13-25(14-20(23)28)9-10-26-15-21(25)24(4,5)6/h11-12,21,23,26H,9-10,13-15H2,1-6H3. The second-order valence-electron chi connectivity index (χ2n) is 9.85. The molecule has 0 amide bonds. The zero-order valence-electron chi connectivity index (χ0n) is 18.2. The van der Waals surface area contributed by atoms with Gasteiger partial charge in [-0.15, -0.1) is 5.92 Å². The van der Waals surface area contributed by atoms with Gasteiger partial charge < -0.3 is 5.32 Å². The van der Waals surface area contributed by atoms with Crippen LogP contribution < -0.4 is 5.32 Å². The molecule has 0 aromatic heterocycles. The molecule has 2 fully saturated rings. The summed E-state index contributed by atoms with van der Waals surface area (Å²) in [4.78, 5) is 26.8. The molecule has 1 heterocycles. The van der Waals surface area contributed by atoms with Crippen molar-refractivity contribution < 1.29 is 9.59 Å². The Kier molecular flexibility index (Phi) is 5.56. The molecule has 0 radical (unpaired) electrons. The smallest absolute Gasteiger partial charge is 0.148 e. The predicted octanol–water partition coefficient (Wildman–Crippen LogP) is 4.33. The van der Waals surface area contributed by atoms with Crippen molar-refractivity contribution in [1.82, 2.24) is 5.32 Å². The lowest BCUT2D eigenvalue weighted by Crippen LogP contribution is -2.55. The molecular formula is C25H33NO2. The zero-order valence-corrected chi connectivity index (χ0v) is 18.2. The third-order valence-electron chi connectivity index (χ3n) is 6.78. The molecule has 1 aliphatic heterocycles. The van der Waals surface area contributed by atoms with Gasteiger partial charge in [0.2, 0.25) is 0 Å². The molecule has 3 nitrogen and oxygen atoms in total. The average Bonchev–Trinajstić information content (AvgIpc) is 2.56. The molecule has 1 aromatic carbocycles. The van der Waals surface area contributed by atoms with E-state index in [1.807, 2.05) is 32.9 Å². The summed E-state index contributed by atoms with van der Waals surface area (Å²) >= 11 is 0. The zero-order chi connectivity index (χ0) is 20.7. The second kappa shape index (κ2) is 7.48. The Bertz CT molecular complexity index is 822. The molecule has 3 rings (SSSR count). The number of rotatable bonds is 1. The molecule has 2 aliphatic rings. The van der Waals surface area contributed by atoms with Crippen LogP contribution in [0.5, 0.6) is 0 Å². The van der Waals surface area contributed by atoms with Gasteiger partial charge in [0.15, 0.2) is 0 Å². The molecular weight excluding hydrogens is 346 g/mol. The molecule has 1 atom stereocenters.